The first-order valence-corrected chi connectivity index (χ1v) is 6.02. The first-order chi connectivity index (χ1) is 9.04. The Kier molecular flexibility index (Phi) is 3.66. The van der Waals surface area contributed by atoms with Crippen LogP contribution in [0.25, 0.3) is 10.9 Å². The number of nitrogens with two attached hydrogens (primary N) is 1. The Morgan fingerprint density at radius 2 is 2.11 bits per heavy atom. The van der Waals surface area contributed by atoms with Crippen molar-refractivity contribution in [2.45, 2.75) is 13.8 Å². The highest BCUT2D eigenvalue weighted by Gasteiger charge is 2.28. The summed E-state index contributed by atoms with van der Waals surface area (Å²) in [5.74, 6) is 5.55. The molecule has 2 aromatic rings. The maximum atomic E-state index is 11.6. The van der Waals surface area contributed by atoms with Gasteiger partial charge in [0, 0.05) is 11.6 Å². The Hall–Kier alpha value is -2.14. The van der Waals surface area contributed by atoms with Crippen LogP contribution in [0, 0.1) is 5.41 Å². The number of hydrogen-bond donors (Lipinski definition) is 2. The predicted octanol–water partition coefficient (Wildman–Crippen LogP) is 1.63. The van der Waals surface area contributed by atoms with E-state index in [2.05, 4.69) is 10.4 Å². The third-order valence-electron chi connectivity index (χ3n) is 2.93. The molecule has 0 spiro atoms. The minimum Gasteiger partial charge on any atom is -0.490 e. The number of para-hydroxylation sites is 1. The summed E-state index contributed by atoms with van der Waals surface area (Å²) in [4.78, 5) is 15.9. The van der Waals surface area contributed by atoms with Crippen LogP contribution in [-0.4, -0.2) is 17.5 Å². The molecule has 0 unspecified atom stereocenters. The van der Waals surface area contributed by atoms with Gasteiger partial charge in [0.1, 0.15) is 17.9 Å². The van der Waals surface area contributed by atoms with E-state index in [9.17, 15) is 4.79 Å². The SMILES string of the molecule is CC(C)(COc1cccc2cccnc12)C(=O)NN. The van der Waals surface area contributed by atoms with Crippen molar-refractivity contribution in [1.29, 1.82) is 0 Å². The molecule has 0 fully saturated rings. The average molecular weight is 259 g/mol. The van der Waals surface area contributed by atoms with Gasteiger partial charge in [0.2, 0.25) is 5.91 Å². The summed E-state index contributed by atoms with van der Waals surface area (Å²) in [7, 11) is 0. The van der Waals surface area contributed by atoms with Crippen LogP contribution in [0.1, 0.15) is 13.8 Å². The highest BCUT2D eigenvalue weighted by atomic mass is 16.5. The van der Waals surface area contributed by atoms with Crippen molar-refractivity contribution in [2.75, 3.05) is 6.61 Å². The van der Waals surface area contributed by atoms with E-state index in [0.717, 1.165) is 10.9 Å². The van der Waals surface area contributed by atoms with Gasteiger partial charge in [-0.25, -0.2) is 5.84 Å². The number of carbonyl (C=O) groups excluding carboxylic acids is 1. The van der Waals surface area contributed by atoms with E-state index in [1.807, 2.05) is 30.3 Å². The zero-order valence-electron chi connectivity index (χ0n) is 11.0. The van der Waals surface area contributed by atoms with Crippen LogP contribution in [0.3, 0.4) is 0 Å². The fraction of sp³-hybridized carbons (Fsp3) is 0.286. The number of aromatic nitrogens is 1. The molecule has 0 saturated carbocycles. The van der Waals surface area contributed by atoms with E-state index in [1.165, 1.54) is 0 Å². The first kappa shape index (κ1) is 13.3. The minimum absolute atomic E-state index is 0.228. The summed E-state index contributed by atoms with van der Waals surface area (Å²) < 4.78 is 5.73. The topological polar surface area (TPSA) is 77.2 Å². The average Bonchev–Trinajstić information content (AvgIpc) is 2.44. The highest BCUT2D eigenvalue weighted by Crippen LogP contribution is 2.25. The quantitative estimate of drug-likeness (QED) is 0.497. The van der Waals surface area contributed by atoms with E-state index in [-0.39, 0.29) is 12.5 Å². The van der Waals surface area contributed by atoms with Gasteiger partial charge in [0.05, 0.1) is 5.41 Å². The standard InChI is InChI=1S/C14H17N3O2/c1-14(2,13(18)17-15)9-19-11-7-3-5-10-6-4-8-16-12(10)11/h3-8H,9,15H2,1-2H3,(H,17,18). The van der Waals surface area contributed by atoms with Gasteiger partial charge < -0.3 is 4.74 Å². The van der Waals surface area contributed by atoms with Gasteiger partial charge in [-0.3, -0.25) is 15.2 Å². The number of nitrogens with zero attached hydrogens (tertiary/aromatic N) is 1. The van der Waals surface area contributed by atoms with E-state index in [1.54, 1.807) is 20.0 Å². The number of ether oxygens (including phenoxy) is 1. The van der Waals surface area contributed by atoms with E-state index in [4.69, 9.17) is 10.6 Å². The van der Waals surface area contributed by atoms with Gasteiger partial charge in [-0.1, -0.05) is 18.2 Å². The second-order valence-corrected chi connectivity index (χ2v) is 4.98. The Labute approximate surface area is 111 Å². The lowest BCUT2D eigenvalue weighted by Gasteiger charge is -2.22. The number of rotatable bonds is 4. The number of nitrogens with one attached hydrogen (secondary N) is 1. The lowest BCUT2D eigenvalue weighted by molar-refractivity contribution is -0.130. The Balaban J connectivity index is 2.21. The van der Waals surface area contributed by atoms with Crippen molar-refractivity contribution in [2.24, 2.45) is 11.3 Å². The Morgan fingerprint density at radius 3 is 2.84 bits per heavy atom. The van der Waals surface area contributed by atoms with Crippen LogP contribution in [0.2, 0.25) is 0 Å². The molecule has 1 amide bonds. The second-order valence-electron chi connectivity index (χ2n) is 4.98. The molecule has 2 rings (SSSR count). The fourth-order valence-corrected chi connectivity index (χ4v) is 1.71. The fourth-order valence-electron chi connectivity index (χ4n) is 1.71. The summed E-state index contributed by atoms with van der Waals surface area (Å²) in [6, 6.07) is 9.54. The molecule has 100 valence electrons. The zero-order chi connectivity index (χ0) is 13.9. The van der Waals surface area contributed by atoms with Crippen molar-refractivity contribution in [1.82, 2.24) is 10.4 Å². The molecule has 0 aliphatic heterocycles. The number of hydrazine groups is 1. The maximum Gasteiger partial charge on any atom is 0.242 e. The largest absolute Gasteiger partial charge is 0.490 e. The van der Waals surface area contributed by atoms with Crippen molar-refractivity contribution in [3.8, 4) is 5.75 Å². The van der Waals surface area contributed by atoms with Gasteiger partial charge in [-0.05, 0) is 26.0 Å². The van der Waals surface area contributed by atoms with Crippen LogP contribution in [0.15, 0.2) is 36.5 Å². The Morgan fingerprint density at radius 1 is 1.37 bits per heavy atom. The van der Waals surface area contributed by atoms with E-state index < -0.39 is 5.41 Å². The normalized spacial score (nSPS) is 11.3. The molecule has 1 heterocycles. The van der Waals surface area contributed by atoms with E-state index in [0.29, 0.717) is 5.75 Å². The number of fused-ring (bicyclic) bond motifs is 1. The molecule has 0 bridgehead atoms. The van der Waals surface area contributed by atoms with Gasteiger partial charge >= 0.3 is 0 Å². The summed E-state index contributed by atoms with van der Waals surface area (Å²) >= 11 is 0. The third-order valence-corrected chi connectivity index (χ3v) is 2.93. The molecule has 1 aromatic heterocycles. The number of hydrogen-bond acceptors (Lipinski definition) is 4. The van der Waals surface area contributed by atoms with Crippen LogP contribution in [0.4, 0.5) is 0 Å². The molecule has 3 N–H and O–H groups in total. The molecule has 0 aliphatic rings. The molecule has 5 heteroatoms. The van der Waals surface area contributed by atoms with Crippen molar-refractivity contribution in [3.05, 3.63) is 36.5 Å². The zero-order valence-corrected chi connectivity index (χ0v) is 11.0. The smallest absolute Gasteiger partial charge is 0.242 e. The summed E-state index contributed by atoms with van der Waals surface area (Å²) in [6.07, 6.45) is 1.72. The first-order valence-electron chi connectivity index (χ1n) is 6.02. The van der Waals surface area contributed by atoms with Gasteiger partial charge in [-0.15, -0.1) is 0 Å². The summed E-state index contributed by atoms with van der Waals surface area (Å²) in [5.41, 5.74) is 2.23. The van der Waals surface area contributed by atoms with Gasteiger partial charge in [0.25, 0.3) is 0 Å². The van der Waals surface area contributed by atoms with Crippen molar-refractivity contribution in [3.63, 3.8) is 0 Å². The lowest BCUT2D eigenvalue weighted by Crippen LogP contribution is -2.44. The molecule has 0 saturated heterocycles. The van der Waals surface area contributed by atoms with Gasteiger partial charge in [-0.2, -0.15) is 0 Å². The third kappa shape index (κ3) is 2.82. The molecular formula is C14H17N3O2. The van der Waals surface area contributed by atoms with Crippen molar-refractivity contribution < 1.29 is 9.53 Å². The summed E-state index contributed by atoms with van der Waals surface area (Å²) in [6.45, 7) is 3.77. The van der Waals surface area contributed by atoms with Crippen LogP contribution >= 0.6 is 0 Å². The molecule has 5 nitrogen and oxygen atoms in total. The number of carbonyl (C=O) groups is 1. The Bertz CT molecular complexity index is 591. The van der Waals surface area contributed by atoms with Crippen molar-refractivity contribution >= 4 is 16.8 Å². The number of pyridine rings is 1. The molecule has 0 aliphatic carbocycles. The molecular weight excluding hydrogens is 242 g/mol. The molecule has 19 heavy (non-hydrogen) atoms. The number of amides is 1. The molecule has 1 aromatic carbocycles. The second kappa shape index (κ2) is 5.24. The molecule has 0 atom stereocenters. The highest BCUT2D eigenvalue weighted by molar-refractivity contribution is 5.84. The van der Waals surface area contributed by atoms with E-state index >= 15 is 0 Å². The maximum absolute atomic E-state index is 11.6. The number of benzene rings is 1. The lowest BCUT2D eigenvalue weighted by atomic mass is 9.94. The molecule has 0 radical (unpaired) electrons. The van der Waals surface area contributed by atoms with Crippen LogP contribution in [-0.2, 0) is 4.79 Å². The minimum atomic E-state index is -0.703. The predicted molar refractivity (Wildman–Crippen MR) is 73.3 cm³/mol. The summed E-state index contributed by atoms with van der Waals surface area (Å²) in [5, 5.41) is 1.00. The van der Waals surface area contributed by atoms with Crippen LogP contribution < -0.4 is 16.0 Å². The monoisotopic (exact) mass is 259 g/mol. The van der Waals surface area contributed by atoms with Crippen LogP contribution in [0.5, 0.6) is 5.75 Å². The van der Waals surface area contributed by atoms with Gasteiger partial charge in [0.15, 0.2) is 0 Å².